The van der Waals surface area contributed by atoms with Crippen LogP contribution in [0.5, 0.6) is 0 Å². The maximum Gasteiger partial charge on any atom is 0.253 e. The minimum absolute atomic E-state index is 0.0178. The van der Waals surface area contributed by atoms with Crippen molar-refractivity contribution >= 4 is 17.3 Å². The zero-order valence-corrected chi connectivity index (χ0v) is 12.4. The lowest BCUT2D eigenvalue weighted by atomic mass is 10.1. The van der Waals surface area contributed by atoms with Crippen molar-refractivity contribution in [1.82, 2.24) is 4.90 Å². The van der Waals surface area contributed by atoms with Gasteiger partial charge in [0.15, 0.2) is 0 Å². The molecule has 0 atom stereocenters. The average Bonchev–Trinajstić information content (AvgIpc) is 2.37. The monoisotopic (exact) mass is 263 g/mol. The van der Waals surface area contributed by atoms with Crippen LogP contribution in [-0.2, 0) is 0 Å². The zero-order valence-electron chi connectivity index (χ0n) is 12.4. The number of nitrogen functional groups attached to an aromatic ring is 1. The van der Waals surface area contributed by atoms with Gasteiger partial charge in [0.05, 0.1) is 11.4 Å². The van der Waals surface area contributed by atoms with Gasteiger partial charge in [-0.3, -0.25) is 4.79 Å². The average molecular weight is 263 g/mol. The number of rotatable bonds is 6. The Morgan fingerprint density at radius 2 is 1.74 bits per heavy atom. The molecule has 0 heterocycles. The molecule has 0 aromatic heterocycles. The van der Waals surface area contributed by atoms with Crippen LogP contribution in [-0.4, -0.2) is 38.0 Å². The van der Waals surface area contributed by atoms with Crippen molar-refractivity contribution < 1.29 is 4.79 Å². The molecule has 0 bridgehead atoms. The van der Waals surface area contributed by atoms with E-state index in [1.807, 2.05) is 12.1 Å². The highest BCUT2D eigenvalue weighted by atomic mass is 16.2. The highest BCUT2D eigenvalue weighted by molar-refractivity contribution is 5.95. The predicted molar refractivity (Wildman–Crippen MR) is 81.7 cm³/mol. The van der Waals surface area contributed by atoms with Crippen LogP contribution < -0.4 is 10.6 Å². The van der Waals surface area contributed by atoms with Crippen molar-refractivity contribution in [1.29, 1.82) is 0 Å². The fourth-order valence-electron chi connectivity index (χ4n) is 2.13. The summed E-state index contributed by atoms with van der Waals surface area (Å²) in [5.41, 5.74) is 8.45. The zero-order chi connectivity index (χ0) is 14.4. The minimum atomic E-state index is -0.0178. The van der Waals surface area contributed by atoms with E-state index in [2.05, 4.69) is 18.7 Å². The normalized spacial score (nSPS) is 10.3. The summed E-state index contributed by atoms with van der Waals surface area (Å²) in [5, 5.41) is 0. The molecule has 0 fully saturated rings. The van der Waals surface area contributed by atoms with E-state index in [-0.39, 0.29) is 5.91 Å². The van der Waals surface area contributed by atoms with Gasteiger partial charge in [-0.15, -0.1) is 0 Å². The number of hydrogen-bond donors (Lipinski definition) is 1. The van der Waals surface area contributed by atoms with Gasteiger partial charge in [0.1, 0.15) is 0 Å². The molecule has 0 saturated heterocycles. The molecule has 0 aliphatic carbocycles. The van der Waals surface area contributed by atoms with Crippen LogP contribution in [0, 0.1) is 0 Å². The summed E-state index contributed by atoms with van der Waals surface area (Å²) in [6.07, 6.45) is 2.16. The van der Waals surface area contributed by atoms with E-state index in [0.29, 0.717) is 11.3 Å². The molecular weight excluding hydrogens is 238 g/mol. The number of nitrogens with zero attached hydrogens (tertiary/aromatic N) is 2. The molecule has 1 aromatic carbocycles. The van der Waals surface area contributed by atoms with E-state index in [1.165, 1.54) is 0 Å². The highest BCUT2D eigenvalue weighted by Crippen LogP contribution is 2.25. The largest absolute Gasteiger partial charge is 0.397 e. The molecule has 0 unspecified atom stereocenters. The van der Waals surface area contributed by atoms with Crippen LogP contribution in [0.2, 0.25) is 0 Å². The van der Waals surface area contributed by atoms with E-state index >= 15 is 0 Å². The van der Waals surface area contributed by atoms with Crippen LogP contribution in [0.25, 0.3) is 0 Å². The minimum Gasteiger partial charge on any atom is -0.397 e. The smallest absolute Gasteiger partial charge is 0.253 e. The van der Waals surface area contributed by atoms with E-state index < -0.39 is 0 Å². The molecule has 1 amide bonds. The Hall–Kier alpha value is -1.71. The van der Waals surface area contributed by atoms with E-state index in [0.717, 1.165) is 31.6 Å². The van der Waals surface area contributed by atoms with Gasteiger partial charge in [0.2, 0.25) is 0 Å². The molecule has 0 spiro atoms. The number of nitrogens with two attached hydrogens (primary N) is 1. The van der Waals surface area contributed by atoms with Gasteiger partial charge in [-0.25, -0.2) is 0 Å². The molecule has 0 saturated carbocycles. The summed E-state index contributed by atoms with van der Waals surface area (Å²) in [6.45, 7) is 6.28. The number of benzene rings is 1. The maximum atomic E-state index is 11.9. The predicted octanol–water partition coefficient (Wildman–Crippen LogP) is 2.60. The molecule has 0 aliphatic heterocycles. The first-order chi connectivity index (χ1) is 9.01. The first kappa shape index (κ1) is 15.3. The van der Waals surface area contributed by atoms with Crippen LogP contribution in [0.1, 0.15) is 37.0 Å². The molecule has 4 nitrogen and oxygen atoms in total. The van der Waals surface area contributed by atoms with Gasteiger partial charge < -0.3 is 15.5 Å². The third-order valence-electron chi connectivity index (χ3n) is 3.01. The summed E-state index contributed by atoms with van der Waals surface area (Å²) in [4.78, 5) is 15.7. The van der Waals surface area contributed by atoms with Gasteiger partial charge in [-0.2, -0.15) is 0 Å². The Kier molecular flexibility index (Phi) is 5.67. The summed E-state index contributed by atoms with van der Waals surface area (Å²) in [5.74, 6) is -0.0178. The molecule has 4 heteroatoms. The fraction of sp³-hybridized carbons (Fsp3) is 0.533. The van der Waals surface area contributed by atoms with Gasteiger partial charge >= 0.3 is 0 Å². The lowest BCUT2D eigenvalue weighted by molar-refractivity contribution is 0.0827. The molecule has 19 heavy (non-hydrogen) atoms. The quantitative estimate of drug-likeness (QED) is 0.803. The SMILES string of the molecule is CCCN(CCC)c1ccc(C(=O)N(C)C)cc1N. The third-order valence-corrected chi connectivity index (χ3v) is 3.01. The molecule has 1 rings (SSSR count). The standard InChI is InChI=1S/C15H25N3O/c1-5-9-18(10-6-2)14-8-7-12(11-13(14)16)15(19)17(3)4/h7-8,11H,5-6,9-10,16H2,1-4H3. The first-order valence-electron chi connectivity index (χ1n) is 6.87. The summed E-state index contributed by atoms with van der Waals surface area (Å²) >= 11 is 0. The second kappa shape index (κ2) is 7.02. The molecule has 1 aromatic rings. The van der Waals surface area contributed by atoms with Crippen molar-refractivity contribution in [2.24, 2.45) is 0 Å². The van der Waals surface area contributed by atoms with Gasteiger partial charge in [0, 0.05) is 32.7 Å². The number of anilines is 2. The number of carbonyl (C=O) groups is 1. The van der Waals surface area contributed by atoms with E-state index in [4.69, 9.17) is 5.73 Å². The molecule has 0 aliphatic rings. The van der Waals surface area contributed by atoms with Crippen LogP contribution >= 0.6 is 0 Å². The third kappa shape index (κ3) is 3.88. The lowest BCUT2D eigenvalue weighted by Crippen LogP contribution is -2.26. The second-order valence-electron chi connectivity index (χ2n) is 4.96. The maximum absolute atomic E-state index is 11.9. The highest BCUT2D eigenvalue weighted by Gasteiger charge is 2.13. The van der Waals surface area contributed by atoms with E-state index in [9.17, 15) is 4.79 Å². The Labute approximate surface area is 116 Å². The molecule has 0 radical (unpaired) electrons. The summed E-state index contributed by atoms with van der Waals surface area (Å²) in [6, 6.07) is 5.58. The van der Waals surface area contributed by atoms with Crippen molar-refractivity contribution in [3.05, 3.63) is 23.8 Å². The fourth-order valence-corrected chi connectivity index (χ4v) is 2.13. The first-order valence-corrected chi connectivity index (χ1v) is 6.87. The van der Waals surface area contributed by atoms with Crippen molar-refractivity contribution in [2.75, 3.05) is 37.8 Å². The van der Waals surface area contributed by atoms with Crippen molar-refractivity contribution in [2.45, 2.75) is 26.7 Å². The molecule has 2 N–H and O–H groups in total. The second-order valence-corrected chi connectivity index (χ2v) is 4.96. The van der Waals surface area contributed by atoms with Crippen molar-refractivity contribution in [3.8, 4) is 0 Å². The van der Waals surface area contributed by atoms with E-state index in [1.54, 1.807) is 25.1 Å². The summed E-state index contributed by atoms with van der Waals surface area (Å²) < 4.78 is 0. The van der Waals surface area contributed by atoms with Crippen LogP contribution in [0.15, 0.2) is 18.2 Å². The summed E-state index contributed by atoms with van der Waals surface area (Å²) in [7, 11) is 3.49. The Balaban J connectivity index is 3.01. The van der Waals surface area contributed by atoms with Gasteiger partial charge in [0.25, 0.3) is 5.91 Å². The van der Waals surface area contributed by atoms with Gasteiger partial charge in [-0.1, -0.05) is 13.8 Å². The Morgan fingerprint density at radius 1 is 1.16 bits per heavy atom. The van der Waals surface area contributed by atoms with Crippen LogP contribution in [0.3, 0.4) is 0 Å². The number of hydrogen-bond acceptors (Lipinski definition) is 3. The Bertz CT molecular complexity index is 423. The number of amides is 1. The van der Waals surface area contributed by atoms with Crippen molar-refractivity contribution in [3.63, 3.8) is 0 Å². The Morgan fingerprint density at radius 3 is 2.16 bits per heavy atom. The topological polar surface area (TPSA) is 49.6 Å². The van der Waals surface area contributed by atoms with Crippen LogP contribution in [0.4, 0.5) is 11.4 Å². The number of carbonyl (C=O) groups excluding carboxylic acids is 1. The molecule has 106 valence electrons. The molecular formula is C15H25N3O. The lowest BCUT2D eigenvalue weighted by Gasteiger charge is -2.25. The van der Waals surface area contributed by atoms with Gasteiger partial charge in [-0.05, 0) is 31.0 Å².